The third-order valence-electron chi connectivity index (χ3n) is 4.50. The van der Waals surface area contributed by atoms with Crippen LogP contribution < -0.4 is 5.32 Å². The predicted octanol–water partition coefficient (Wildman–Crippen LogP) is -0.0372. The van der Waals surface area contributed by atoms with Crippen molar-refractivity contribution in [2.24, 2.45) is 0 Å². The monoisotopic (exact) mass is 445 g/mol. The highest BCUT2D eigenvalue weighted by Gasteiger charge is 2.46. The first kappa shape index (κ1) is 24.4. The zero-order valence-corrected chi connectivity index (χ0v) is 17.1. The molecule has 4 N–H and O–H groups in total. The van der Waals surface area contributed by atoms with E-state index >= 15 is 0 Å². The van der Waals surface area contributed by atoms with Gasteiger partial charge in [0.25, 0.3) is 0 Å². The number of carbonyl (C=O) groups is 1. The zero-order chi connectivity index (χ0) is 22.1. The van der Waals surface area contributed by atoms with Crippen molar-refractivity contribution in [3.63, 3.8) is 0 Å². The first-order chi connectivity index (χ1) is 14.2. The van der Waals surface area contributed by atoms with Crippen LogP contribution in [0.4, 0.5) is 0 Å². The molecule has 11 heteroatoms. The van der Waals surface area contributed by atoms with Gasteiger partial charge >= 0.3 is 10.4 Å². The maximum atomic E-state index is 12.1. The molecule has 1 heterocycles. The van der Waals surface area contributed by atoms with E-state index in [0.717, 1.165) is 5.56 Å². The van der Waals surface area contributed by atoms with E-state index in [1.807, 2.05) is 30.3 Å². The summed E-state index contributed by atoms with van der Waals surface area (Å²) in [6.45, 7) is 2.96. The minimum atomic E-state index is -4.77. The van der Waals surface area contributed by atoms with Crippen LogP contribution in [-0.4, -0.2) is 72.9 Å². The number of hydrogen-bond acceptors (Lipinski definition) is 8. The summed E-state index contributed by atoms with van der Waals surface area (Å²) in [5, 5.41) is 23.3. The van der Waals surface area contributed by atoms with Crippen LogP contribution in [0.1, 0.15) is 18.4 Å². The van der Waals surface area contributed by atoms with Crippen LogP contribution in [0.25, 0.3) is 0 Å². The highest BCUT2D eigenvalue weighted by molar-refractivity contribution is 7.80. The van der Waals surface area contributed by atoms with Crippen LogP contribution in [-0.2, 0) is 35.3 Å². The number of carbonyl (C=O) groups excluding carboxylic acids is 1. The normalized spacial score (nSPS) is 26.8. The van der Waals surface area contributed by atoms with Gasteiger partial charge in [0, 0.05) is 6.42 Å². The molecule has 1 aromatic rings. The molecule has 0 saturated carbocycles. The second-order valence-corrected chi connectivity index (χ2v) is 7.85. The maximum absolute atomic E-state index is 12.1. The van der Waals surface area contributed by atoms with Gasteiger partial charge in [-0.25, -0.2) is 4.18 Å². The largest absolute Gasteiger partial charge is 0.397 e. The quantitative estimate of drug-likeness (QED) is 0.272. The van der Waals surface area contributed by atoms with E-state index in [1.165, 1.54) is 0 Å². The number of nitrogens with one attached hydrogen (secondary N) is 1. The van der Waals surface area contributed by atoms with Gasteiger partial charge in [0.2, 0.25) is 5.91 Å². The van der Waals surface area contributed by atoms with Crippen molar-refractivity contribution in [1.82, 2.24) is 5.32 Å². The van der Waals surface area contributed by atoms with Crippen molar-refractivity contribution in [2.75, 3.05) is 13.2 Å². The smallest absolute Gasteiger partial charge is 0.388 e. The highest BCUT2D eigenvalue weighted by atomic mass is 32.3. The van der Waals surface area contributed by atoms with Gasteiger partial charge in [0.15, 0.2) is 6.29 Å². The number of aliphatic hydroxyl groups excluding tert-OH is 2. The fourth-order valence-corrected chi connectivity index (χ4v) is 3.25. The molecule has 1 saturated heterocycles. The van der Waals surface area contributed by atoms with Gasteiger partial charge in [-0.15, -0.1) is 6.58 Å². The number of benzene rings is 1. The molecule has 0 unspecified atom stereocenters. The summed E-state index contributed by atoms with van der Waals surface area (Å²) in [5.41, 5.74) is 0.992. The van der Waals surface area contributed by atoms with Crippen LogP contribution in [0.15, 0.2) is 43.0 Å². The second kappa shape index (κ2) is 11.5. The molecule has 30 heavy (non-hydrogen) atoms. The minimum Gasteiger partial charge on any atom is -0.388 e. The van der Waals surface area contributed by atoms with Gasteiger partial charge in [-0.05, 0) is 18.4 Å². The van der Waals surface area contributed by atoms with Gasteiger partial charge in [-0.2, -0.15) is 8.42 Å². The Morgan fingerprint density at radius 1 is 1.23 bits per heavy atom. The van der Waals surface area contributed by atoms with Crippen molar-refractivity contribution < 1.29 is 41.6 Å². The van der Waals surface area contributed by atoms with Gasteiger partial charge in [-0.1, -0.05) is 36.4 Å². The summed E-state index contributed by atoms with van der Waals surface area (Å²) in [6.07, 6.45) is -2.99. The number of rotatable bonds is 11. The van der Waals surface area contributed by atoms with Crippen LogP contribution in [0.3, 0.4) is 0 Å². The molecule has 1 aromatic carbocycles. The summed E-state index contributed by atoms with van der Waals surface area (Å²) in [6, 6.07) is 8.33. The number of hydrogen-bond donors (Lipinski definition) is 4. The molecular weight excluding hydrogens is 418 g/mol. The van der Waals surface area contributed by atoms with Crippen LogP contribution in [0.5, 0.6) is 0 Å². The summed E-state index contributed by atoms with van der Waals surface area (Å²) < 4.78 is 45.9. The lowest BCUT2D eigenvalue weighted by molar-refractivity contribution is -0.268. The minimum absolute atomic E-state index is 0.120. The van der Waals surface area contributed by atoms with E-state index in [-0.39, 0.29) is 13.0 Å². The molecule has 1 aliphatic rings. The number of aliphatic hydroxyl groups is 2. The third-order valence-corrected chi connectivity index (χ3v) is 4.93. The standard InChI is InChI=1S/C19H27NO9S/c1-2-3-9-15(21)20-16-18(23)17(22)14(12-28-30(24,25)26)29-19(16)27-11-10-13-7-5-4-6-8-13/h2,4-8,14,16-19,22-23H,1,3,9-12H2,(H,20,21)(H,24,25,26)/t14-,16-,17-,18-,19+/m1/s1. The van der Waals surface area contributed by atoms with Gasteiger partial charge in [-0.3, -0.25) is 9.35 Å². The molecule has 2 rings (SSSR count). The van der Waals surface area contributed by atoms with E-state index in [4.69, 9.17) is 14.0 Å². The molecule has 0 aliphatic carbocycles. The topological polar surface area (TPSA) is 152 Å². The molecule has 0 aromatic heterocycles. The summed E-state index contributed by atoms with van der Waals surface area (Å²) in [5.74, 6) is -0.404. The third kappa shape index (κ3) is 7.76. The SMILES string of the molecule is C=CCCC(=O)N[C@H]1[C@@H](OCCc2ccccc2)O[C@H](COS(=O)(=O)O)[C@@H](O)[C@@H]1O. The highest BCUT2D eigenvalue weighted by Crippen LogP contribution is 2.23. The van der Waals surface area contributed by atoms with E-state index in [9.17, 15) is 23.4 Å². The summed E-state index contributed by atoms with van der Waals surface area (Å²) >= 11 is 0. The maximum Gasteiger partial charge on any atom is 0.397 e. The Hall–Kier alpha value is -1.86. The Bertz CT molecular complexity index is 786. The van der Waals surface area contributed by atoms with Crippen molar-refractivity contribution in [3.05, 3.63) is 48.6 Å². The Kier molecular flexibility index (Phi) is 9.37. The molecule has 0 bridgehead atoms. The molecular formula is C19H27NO9S. The fourth-order valence-electron chi connectivity index (χ4n) is 2.95. The predicted molar refractivity (Wildman–Crippen MR) is 106 cm³/mol. The van der Waals surface area contributed by atoms with Crippen LogP contribution >= 0.6 is 0 Å². The lowest BCUT2D eigenvalue weighted by Crippen LogP contribution is -2.65. The Morgan fingerprint density at radius 3 is 2.57 bits per heavy atom. The molecule has 168 valence electrons. The molecule has 10 nitrogen and oxygen atoms in total. The Balaban J connectivity index is 2.06. The average Bonchev–Trinajstić information content (AvgIpc) is 2.70. The number of ether oxygens (including phenoxy) is 2. The lowest BCUT2D eigenvalue weighted by Gasteiger charge is -2.42. The molecule has 1 amide bonds. The lowest BCUT2D eigenvalue weighted by atomic mass is 9.96. The number of amides is 1. The summed E-state index contributed by atoms with van der Waals surface area (Å²) in [4.78, 5) is 12.1. The summed E-state index contributed by atoms with van der Waals surface area (Å²) in [7, 11) is -4.77. The average molecular weight is 445 g/mol. The first-order valence-corrected chi connectivity index (χ1v) is 10.8. The van der Waals surface area contributed by atoms with Gasteiger partial charge < -0.3 is 25.0 Å². The second-order valence-electron chi connectivity index (χ2n) is 6.76. The first-order valence-electron chi connectivity index (χ1n) is 9.40. The van der Waals surface area contributed by atoms with Gasteiger partial charge in [0.1, 0.15) is 24.4 Å². The molecule has 5 atom stereocenters. The Morgan fingerprint density at radius 2 is 1.93 bits per heavy atom. The number of allylic oxidation sites excluding steroid dienone is 1. The molecule has 0 radical (unpaired) electrons. The van der Waals surface area contributed by atoms with Crippen LogP contribution in [0.2, 0.25) is 0 Å². The van der Waals surface area contributed by atoms with E-state index in [1.54, 1.807) is 6.08 Å². The van der Waals surface area contributed by atoms with Crippen LogP contribution in [0, 0.1) is 0 Å². The molecule has 0 spiro atoms. The van der Waals surface area contributed by atoms with Crippen molar-refractivity contribution in [1.29, 1.82) is 0 Å². The van der Waals surface area contributed by atoms with Gasteiger partial charge in [0.05, 0.1) is 13.2 Å². The van der Waals surface area contributed by atoms with E-state index in [2.05, 4.69) is 16.1 Å². The van der Waals surface area contributed by atoms with E-state index < -0.39 is 53.6 Å². The van der Waals surface area contributed by atoms with Crippen molar-refractivity contribution >= 4 is 16.3 Å². The zero-order valence-electron chi connectivity index (χ0n) is 16.3. The van der Waals surface area contributed by atoms with Crippen molar-refractivity contribution in [3.8, 4) is 0 Å². The Labute approximate surface area is 175 Å². The molecule has 1 fully saturated rings. The van der Waals surface area contributed by atoms with Crippen molar-refractivity contribution in [2.45, 2.75) is 49.9 Å². The molecule has 1 aliphatic heterocycles. The fraction of sp³-hybridized carbons (Fsp3) is 0.526. The van der Waals surface area contributed by atoms with E-state index in [0.29, 0.717) is 12.8 Å².